The quantitative estimate of drug-likeness (QED) is 0.488. The monoisotopic (exact) mass is 289 g/mol. The lowest BCUT2D eigenvalue weighted by Gasteiger charge is -1.91. The van der Waals surface area contributed by atoms with Gasteiger partial charge in [0, 0.05) is 12.4 Å². The van der Waals surface area contributed by atoms with Crippen LogP contribution in [-0.4, -0.2) is 30.8 Å². The van der Waals surface area contributed by atoms with Crippen molar-refractivity contribution >= 4 is 35.2 Å². The molecule has 3 aromatic rings. The summed E-state index contributed by atoms with van der Waals surface area (Å²) in [5.74, 6) is -0.155. The number of nitrogen functional groups attached to an aromatic ring is 1. The van der Waals surface area contributed by atoms with Crippen molar-refractivity contribution in [1.82, 2.24) is 24.9 Å². The van der Waals surface area contributed by atoms with E-state index in [-0.39, 0.29) is 5.95 Å². The summed E-state index contributed by atoms with van der Waals surface area (Å²) in [6, 6.07) is 3.29. The SMILES string of the molecule is NC(=O)c1cccnc1.Nc1nc2nc[nH]c2c(=S)[nH]1. The topological polar surface area (TPSA) is 139 Å². The average molecular weight is 289 g/mol. The Hall–Kier alpha value is -2.81. The van der Waals surface area contributed by atoms with Crippen molar-refractivity contribution < 1.29 is 4.79 Å². The molecule has 0 bridgehead atoms. The van der Waals surface area contributed by atoms with Crippen LogP contribution in [0.3, 0.4) is 0 Å². The number of aromatic amines is 2. The van der Waals surface area contributed by atoms with Gasteiger partial charge in [-0.05, 0) is 12.1 Å². The van der Waals surface area contributed by atoms with E-state index in [0.717, 1.165) is 0 Å². The summed E-state index contributed by atoms with van der Waals surface area (Å²) in [6.45, 7) is 0. The molecule has 3 rings (SSSR count). The second kappa shape index (κ2) is 5.89. The van der Waals surface area contributed by atoms with Crippen LogP contribution in [0.2, 0.25) is 0 Å². The molecule has 0 saturated carbocycles. The Morgan fingerprint density at radius 1 is 1.40 bits per heavy atom. The minimum Gasteiger partial charge on any atom is -0.369 e. The number of carbonyl (C=O) groups excluding carboxylic acids is 1. The van der Waals surface area contributed by atoms with Crippen LogP contribution < -0.4 is 11.5 Å². The van der Waals surface area contributed by atoms with Crippen LogP contribution in [0, 0.1) is 4.64 Å². The molecule has 102 valence electrons. The Kier molecular flexibility index (Phi) is 4.01. The van der Waals surface area contributed by atoms with Crippen molar-refractivity contribution in [1.29, 1.82) is 0 Å². The number of aromatic nitrogens is 5. The summed E-state index contributed by atoms with van der Waals surface area (Å²) in [4.78, 5) is 27.5. The van der Waals surface area contributed by atoms with Gasteiger partial charge in [-0.2, -0.15) is 4.98 Å². The summed E-state index contributed by atoms with van der Waals surface area (Å²) in [7, 11) is 0. The highest BCUT2D eigenvalue weighted by Gasteiger charge is 1.99. The maximum atomic E-state index is 10.4. The number of pyridine rings is 1. The number of primary amides is 1. The van der Waals surface area contributed by atoms with Gasteiger partial charge in [-0.15, -0.1) is 0 Å². The fourth-order valence-electron chi connectivity index (χ4n) is 1.37. The molecule has 6 N–H and O–H groups in total. The van der Waals surface area contributed by atoms with Gasteiger partial charge in [-0.3, -0.25) is 9.78 Å². The van der Waals surface area contributed by atoms with E-state index in [1.807, 2.05) is 0 Å². The molecule has 0 saturated heterocycles. The second-order valence-corrected chi connectivity index (χ2v) is 4.07. The molecule has 3 aromatic heterocycles. The van der Waals surface area contributed by atoms with Crippen molar-refractivity contribution in [2.75, 3.05) is 5.73 Å². The maximum absolute atomic E-state index is 10.4. The van der Waals surface area contributed by atoms with E-state index in [1.54, 1.807) is 18.3 Å². The molecule has 3 heterocycles. The number of anilines is 1. The van der Waals surface area contributed by atoms with Crippen LogP contribution in [-0.2, 0) is 0 Å². The zero-order valence-electron chi connectivity index (χ0n) is 10.2. The Bertz CT molecular complexity index is 780. The molecule has 0 aliphatic heterocycles. The molecule has 8 nitrogen and oxygen atoms in total. The van der Waals surface area contributed by atoms with Gasteiger partial charge >= 0.3 is 0 Å². The number of nitrogens with zero attached hydrogens (tertiary/aromatic N) is 3. The van der Waals surface area contributed by atoms with Crippen molar-refractivity contribution in [3.63, 3.8) is 0 Å². The number of fused-ring (bicyclic) bond motifs is 1. The highest BCUT2D eigenvalue weighted by atomic mass is 32.1. The third-order valence-corrected chi connectivity index (χ3v) is 2.57. The molecule has 0 unspecified atom stereocenters. The van der Waals surface area contributed by atoms with Gasteiger partial charge in [-0.1, -0.05) is 12.2 Å². The number of amides is 1. The van der Waals surface area contributed by atoms with Crippen LogP contribution in [0.15, 0.2) is 30.9 Å². The van der Waals surface area contributed by atoms with E-state index in [4.69, 9.17) is 23.7 Å². The third-order valence-electron chi connectivity index (χ3n) is 2.26. The minimum absolute atomic E-state index is 0.287. The number of hydrogen-bond acceptors (Lipinski definition) is 6. The molecule has 0 fully saturated rings. The van der Waals surface area contributed by atoms with Crippen molar-refractivity contribution in [2.24, 2.45) is 5.73 Å². The number of carbonyl (C=O) groups is 1. The Labute approximate surface area is 118 Å². The van der Waals surface area contributed by atoms with Gasteiger partial charge in [-0.25, -0.2) is 4.98 Å². The van der Waals surface area contributed by atoms with E-state index in [0.29, 0.717) is 21.4 Å². The molecular weight excluding hydrogens is 278 g/mol. The molecule has 20 heavy (non-hydrogen) atoms. The molecule has 0 aromatic carbocycles. The minimum atomic E-state index is -0.442. The Morgan fingerprint density at radius 2 is 2.20 bits per heavy atom. The smallest absolute Gasteiger partial charge is 0.250 e. The third kappa shape index (κ3) is 3.14. The van der Waals surface area contributed by atoms with Crippen LogP contribution in [0.4, 0.5) is 5.95 Å². The van der Waals surface area contributed by atoms with E-state index >= 15 is 0 Å². The van der Waals surface area contributed by atoms with Gasteiger partial charge in [0.05, 0.1) is 11.9 Å². The van der Waals surface area contributed by atoms with E-state index < -0.39 is 5.91 Å². The normalized spacial score (nSPS) is 9.80. The van der Waals surface area contributed by atoms with Gasteiger partial charge < -0.3 is 21.4 Å². The summed E-state index contributed by atoms with van der Waals surface area (Å²) < 4.78 is 0.532. The number of nitrogens with one attached hydrogen (secondary N) is 2. The number of H-pyrrole nitrogens is 2. The zero-order chi connectivity index (χ0) is 14.5. The van der Waals surface area contributed by atoms with Crippen LogP contribution in [0.5, 0.6) is 0 Å². The number of hydrogen-bond donors (Lipinski definition) is 4. The van der Waals surface area contributed by atoms with Gasteiger partial charge in [0.15, 0.2) is 5.65 Å². The highest BCUT2D eigenvalue weighted by molar-refractivity contribution is 7.71. The Morgan fingerprint density at radius 3 is 2.80 bits per heavy atom. The van der Waals surface area contributed by atoms with Gasteiger partial charge in [0.1, 0.15) is 10.2 Å². The van der Waals surface area contributed by atoms with Crippen LogP contribution in [0.25, 0.3) is 11.2 Å². The van der Waals surface area contributed by atoms with Crippen molar-refractivity contribution in [3.05, 3.63) is 41.1 Å². The summed E-state index contributed by atoms with van der Waals surface area (Å²) in [6.07, 6.45) is 4.55. The fourth-order valence-corrected chi connectivity index (χ4v) is 1.62. The van der Waals surface area contributed by atoms with Gasteiger partial charge in [0.2, 0.25) is 11.9 Å². The lowest BCUT2D eigenvalue weighted by molar-refractivity contribution is 0.1000. The zero-order valence-corrected chi connectivity index (χ0v) is 11.0. The average Bonchev–Trinajstić information content (AvgIpc) is 2.89. The molecule has 0 radical (unpaired) electrons. The Balaban J connectivity index is 0.000000151. The maximum Gasteiger partial charge on any atom is 0.250 e. The lowest BCUT2D eigenvalue weighted by Crippen LogP contribution is -2.10. The molecule has 9 heteroatoms. The first-order chi connectivity index (χ1) is 9.58. The summed E-state index contributed by atoms with van der Waals surface area (Å²) in [5.41, 5.74) is 12.0. The molecule has 1 amide bonds. The van der Waals surface area contributed by atoms with Crippen molar-refractivity contribution in [3.8, 4) is 0 Å². The standard InChI is InChI=1S/C6H6N2O.C5H5N5S/c7-6(9)5-2-1-3-8-4-5;6-5-9-3-2(4(11)10-5)7-1-8-3/h1-4H,(H2,7,9);1H,(H4,6,7,8,9,10,11). The second-order valence-electron chi connectivity index (χ2n) is 3.66. The first-order valence-electron chi connectivity index (χ1n) is 5.46. The number of rotatable bonds is 1. The van der Waals surface area contributed by atoms with E-state index in [9.17, 15) is 4.79 Å². The molecule has 0 atom stereocenters. The van der Waals surface area contributed by atoms with E-state index in [2.05, 4.69) is 24.9 Å². The van der Waals surface area contributed by atoms with Gasteiger partial charge in [0.25, 0.3) is 0 Å². The molecular formula is C11H11N7OS. The largest absolute Gasteiger partial charge is 0.369 e. The fraction of sp³-hybridized carbons (Fsp3) is 0. The first-order valence-corrected chi connectivity index (χ1v) is 5.87. The van der Waals surface area contributed by atoms with Crippen LogP contribution in [0.1, 0.15) is 10.4 Å². The van der Waals surface area contributed by atoms with Crippen molar-refractivity contribution in [2.45, 2.75) is 0 Å². The molecule has 0 aliphatic rings. The summed E-state index contributed by atoms with van der Waals surface area (Å²) in [5, 5.41) is 0. The first kappa shape index (κ1) is 13.6. The number of nitrogens with two attached hydrogens (primary N) is 2. The highest BCUT2D eigenvalue weighted by Crippen LogP contribution is 2.06. The molecule has 0 spiro atoms. The number of imidazole rings is 1. The summed E-state index contributed by atoms with van der Waals surface area (Å²) >= 11 is 4.95. The predicted molar refractivity (Wildman–Crippen MR) is 76.2 cm³/mol. The van der Waals surface area contributed by atoms with Crippen LogP contribution >= 0.6 is 12.2 Å². The lowest BCUT2D eigenvalue weighted by atomic mass is 10.3. The molecule has 0 aliphatic carbocycles. The van der Waals surface area contributed by atoms with E-state index in [1.165, 1.54) is 12.5 Å². The predicted octanol–water partition coefficient (Wildman–Crippen LogP) is 0.778.